The van der Waals surface area contributed by atoms with Gasteiger partial charge in [0.1, 0.15) is 29.9 Å². The van der Waals surface area contributed by atoms with Gasteiger partial charge < -0.3 is 24.1 Å². The van der Waals surface area contributed by atoms with Gasteiger partial charge in [0.25, 0.3) is 0 Å². The van der Waals surface area contributed by atoms with E-state index >= 15 is 0 Å². The lowest BCUT2D eigenvalue weighted by Crippen LogP contribution is -2.37. The third kappa shape index (κ3) is 8.21. The number of quaternary nitrogens is 1. The number of aliphatic carboxylic acids is 1. The fourth-order valence-corrected chi connectivity index (χ4v) is 3.54. The number of benzene rings is 3. The Morgan fingerprint density at radius 1 is 0.872 bits per heavy atom. The lowest BCUT2D eigenvalue weighted by Gasteiger charge is -2.21. The van der Waals surface area contributed by atoms with Crippen LogP contribution >= 0.6 is 0 Å². The predicted molar refractivity (Wildman–Crippen MR) is 135 cm³/mol. The first kappa shape index (κ1) is 29.0. The van der Waals surface area contributed by atoms with Gasteiger partial charge in [-0.25, -0.2) is 4.79 Å². The summed E-state index contributed by atoms with van der Waals surface area (Å²) in [5, 5.41) is 8.78. The standard InChI is InChI=1S/C27H26NO4.C2HF3O2/c1-28(2)18-17-23(19-28)32-27(29)26(31-22-15-13-21(30-3)14-16-22)25-12-8-7-11-24(25)20-9-5-4-6-10-20;3-2(4,5)1(6)7/h4-19,26H,1-3H3;(H,6,7)/q+1;/p-1. The van der Waals surface area contributed by atoms with Crippen LogP contribution in [0, 0.1) is 0 Å². The molecule has 1 unspecified atom stereocenters. The molecule has 1 atom stereocenters. The normalized spacial score (nSPS) is 14.4. The van der Waals surface area contributed by atoms with E-state index in [1.165, 1.54) is 0 Å². The van der Waals surface area contributed by atoms with E-state index in [0.717, 1.165) is 16.7 Å². The van der Waals surface area contributed by atoms with Crippen LogP contribution in [0.25, 0.3) is 11.1 Å². The van der Waals surface area contributed by atoms with Gasteiger partial charge in [-0.05, 0) is 35.4 Å². The van der Waals surface area contributed by atoms with Crippen molar-refractivity contribution >= 4 is 11.9 Å². The van der Waals surface area contributed by atoms with Crippen LogP contribution in [-0.4, -0.2) is 43.8 Å². The predicted octanol–water partition coefficient (Wildman–Crippen LogP) is 4.77. The molecule has 0 saturated carbocycles. The number of halogens is 3. The molecule has 0 aliphatic carbocycles. The highest BCUT2D eigenvalue weighted by Crippen LogP contribution is 2.33. The van der Waals surface area contributed by atoms with Crippen LogP contribution in [0.4, 0.5) is 13.2 Å². The summed E-state index contributed by atoms with van der Waals surface area (Å²) in [6.45, 7) is 0. The molecule has 204 valence electrons. The zero-order valence-electron chi connectivity index (χ0n) is 21.3. The Kier molecular flexibility index (Phi) is 9.16. The summed E-state index contributed by atoms with van der Waals surface area (Å²) in [5.74, 6) is -1.74. The molecule has 1 aliphatic heterocycles. The Balaban J connectivity index is 0.000000532. The van der Waals surface area contributed by atoms with E-state index < -0.39 is 24.2 Å². The van der Waals surface area contributed by atoms with Gasteiger partial charge in [-0.1, -0.05) is 54.6 Å². The number of carboxylic acids is 1. The number of alkyl halides is 3. The maximum absolute atomic E-state index is 13.4. The Bertz CT molecular complexity index is 1350. The molecule has 0 bridgehead atoms. The summed E-state index contributed by atoms with van der Waals surface area (Å²) in [4.78, 5) is 22.2. The number of hydrogen-bond acceptors (Lipinski definition) is 6. The van der Waals surface area contributed by atoms with Crippen molar-refractivity contribution in [2.75, 3.05) is 21.2 Å². The van der Waals surface area contributed by atoms with Crippen molar-refractivity contribution in [3.63, 3.8) is 0 Å². The van der Waals surface area contributed by atoms with Gasteiger partial charge in [-0.15, -0.1) is 0 Å². The minimum Gasteiger partial charge on any atom is -0.542 e. The molecule has 3 aromatic carbocycles. The zero-order chi connectivity index (χ0) is 28.6. The number of carbonyl (C=O) groups excluding carboxylic acids is 2. The Morgan fingerprint density at radius 3 is 1.97 bits per heavy atom. The number of methoxy groups -OCH3 is 1. The third-order valence-electron chi connectivity index (χ3n) is 5.39. The molecule has 39 heavy (non-hydrogen) atoms. The Morgan fingerprint density at radius 2 is 1.44 bits per heavy atom. The number of ether oxygens (including phenoxy) is 3. The van der Waals surface area contributed by atoms with Gasteiger partial charge in [0.05, 0.1) is 21.2 Å². The molecule has 0 saturated heterocycles. The first-order valence-electron chi connectivity index (χ1n) is 11.6. The molecule has 3 aromatic rings. The summed E-state index contributed by atoms with van der Waals surface area (Å²) in [6, 6.07) is 24.8. The van der Waals surface area contributed by atoms with E-state index in [4.69, 9.17) is 24.1 Å². The van der Waals surface area contributed by atoms with E-state index in [9.17, 15) is 18.0 Å². The first-order chi connectivity index (χ1) is 18.4. The number of hydrogen-bond donors (Lipinski definition) is 0. The van der Waals surface area contributed by atoms with Crippen LogP contribution in [0.5, 0.6) is 11.5 Å². The van der Waals surface area contributed by atoms with Crippen molar-refractivity contribution in [2.45, 2.75) is 12.3 Å². The molecule has 1 aliphatic rings. The molecular formula is C29H26F3NO6. The maximum atomic E-state index is 13.4. The number of rotatable bonds is 7. The van der Waals surface area contributed by atoms with Crippen molar-refractivity contribution in [3.8, 4) is 22.6 Å². The second-order valence-corrected chi connectivity index (χ2v) is 8.81. The number of esters is 1. The van der Waals surface area contributed by atoms with Crippen molar-refractivity contribution in [2.24, 2.45) is 0 Å². The molecule has 0 N–H and O–H groups in total. The summed E-state index contributed by atoms with van der Waals surface area (Å²) in [7, 11) is 5.59. The lowest BCUT2D eigenvalue weighted by atomic mass is 9.96. The van der Waals surface area contributed by atoms with E-state index in [1.807, 2.05) is 81.1 Å². The summed E-state index contributed by atoms with van der Waals surface area (Å²) in [6.07, 6.45) is -0.540. The van der Waals surface area contributed by atoms with Crippen molar-refractivity contribution in [1.82, 2.24) is 0 Å². The molecule has 1 heterocycles. The molecule has 0 amide bonds. The Labute approximate surface area is 223 Å². The fourth-order valence-electron chi connectivity index (χ4n) is 3.54. The van der Waals surface area contributed by atoms with Gasteiger partial charge >= 0.3 is 12.1 Å². The SMILES string of the molecule is COc1ccc(OC(C(=O)OC2=C[N+](C)(C)C=C2)c2ccccc2-c2ccccc2)cc1.O=C([O-])C(F)(F)F. The summed E-state index contributed by atoms with van der Waals surface area (Å²) in [5.41, 5.74) is 2.64. The molecule has 0 spiro atoms. The fraction of sp³-hybridized carbons (Fsp3) is 0.172. The molecule has 0 radical (unpaired) electrons. The van der Waals surface area contributed by atoms with Crippen LogP contribution in [0.3, 0.4) is 0 Å². The van der Waals surface area contributed by atoms with E-state index in [2.05, 4.69) is 0 Å². The minimum atomic E-state index is -5.19. The Hall–Kier alpha value is -4.57. The lowest BCUT2D eigenvalue weighted by molar-refractivity contribution is -0.782. The number of carbonyl (C=O) groups is 2. The molecular weight excluding hydrogens is 515 g/mol. The molecule has 0 fully saturated rings. The van der Waals surface area contributed by atoms with Crippen LogP contribution < -0.4 is 14.6 Å². The number of nitrogens with zero attached hydrogens (tertiary/aromatic N) is 1. The van der Waals surface area contributed by atoms with Crippen molar-refractivity contribution in [1.29, 1.82) is 0 Å². The highest BCUT2D eigenvalue weighted by molar-refractivity contribution is 5.82. The second kappa shape index (κ2) is 12.3. The summed E-state index contributed by atoms with van der Waals surface area (Å²) >= 11 is 0. The second-order valence-electron chi connectivity index (χ2n) is 8.81. The van der Waals surface area contributed by atoms with E-state index in [-0.39, 0.29) is 0 Å². The van der Waals surface area contributed by atoms with Gasteiger partial charge in [0.15, 0.2) is 5.76 Å². The first-order valence-corrected chi connectivity index (χ1v) is 11.6. The smallest absolute Gasteiger partial charge is 0.430 e. The van der Waals surface area contributed by atoms with Crippen molar-refractivity contribution in [3.05, 3.63) is 109 Å². The van der Waals surface area contributed by atoms with E-state index in [0.29, 0.717) is 21.7 Å². The monoisotopic (exact) mass is 541 g/mol. The zero-order valence-corrected chi connectivity index (χ0v) is 21.3. The average molecular weight is 542 g/mol. The average Bonchev–Trinajstić information content (AvgIpc) is 3.25. The van der Waals surface area contributed by atoms with Crippen LogP contribution in [0.1, 0.15) is 11.7 Å². The molecule has 10 heteroatoms. The van der Waals surface area contributed by atoms with Gasteiger partial charge in [0, 0.05) is 11.6 Å². The maximum Gasteiger partial charge on any atom is 0.430 e. The third-order valence-corrected chi connectivity index (χ3v) is 5.39. The van der Waals surface area contributed by atoms with Crippen LogP contribution in [-0.2, 0) is 14.3 Å². The number of carboxylic acid groups (broad SMARTS) is 1. The van der Waals surface area contributed by atoms with Gasteiger partial charge in [0.2, 0.25) is 6.10 Å². The van der Waals surface area contributed by atoms with Gasteiger partial charge in [-0.2, -0.15) is 13.2 Å². The quantitative estimate of drug-likeness (QED) is 0.317. The van der Waals surface area contributed by atoms with E-state index in [1.54, 1.807) is 37.5 Å². The minimum absolute atomic E-state index is 0.484. The molecule has 0 aromatic heterocycles. The molecule has 4 rings (SSSR count). The highest BCUT2D eigenvalue weighted by atomic mass is 19.4. The van der Waals surface area contributed by atoms with Gasteiger partial charge in [-0.3, -0.25) is 4.48 Å². The number of allylic oxidation sites excluding steroid dienone is 1. The van der Waals surface area contributed by atoms with Crippen LogP contribution in [0.15, 0.2) is 103 Å². The largest absolute Gasteiger partial charge is 0.542 e. The highest BCUT2D eigenvalue weighted by Gasteiger charge is 2.30. The van der Waals surface area contributed by atoms with Crippen molar-refractivity contribution < 1.29 is 46.6 Å². The topological polar surface area (TPSA) is 84.9 Å². The molecule has 7 nitrogen and oxygen atoms in total. The summed E-state index contributed by atoms with van der Waals surface area (Å²) < 4.78 is 49.2. The van der Waals surface area contributed by atoms with Crippen LogP contribution in [0.2, 0.25) is 0 Å².